The molecule has 0 atom stereocenters. The third kappa shape index (κ3) is 3.72. The number of amides is 1. The molecule has 3 rings (SSSR count). The average Bonchev–Trinajstić information content (AvgIpc) is 2.82. The van der Waals surface area contributed by atoms with Gasteiger partial charge in [-0.3, -0.25) is 9.69 Å². The fourth-order valence-electron chi connectivity index (χ4n) is 2.34. The Morgan fingerprint density at radius 2 is 1.92 bits per heavy atom. The summed E-state index contributed by atoms with van der Waals surface area (Å²) in [6.07, 6.45) is 1.63. The highest BCUT2D eigenvalue weighted by molar-refractivity contribution is 8.18. The van der Waals surface area contributed by atoms with Crippen molar-refractivity contribution in [2.45, 2.75) is 13.8 Å². The van der Waals surface area contributed by atoms with E-state index >= 15 is 0 Å². The second-order valence-corrected chi connectivity index (χ2v) is 7.29. The SMILES string of the molecule is Cc1ccc(N=C2S/C(=C\c3cc(Cl)ccc3O)C(=O)N2C)cc1C. The molecule has 0 saturated carbocycles. The summed E-state index contributed by atoms with van der Waals surface area (Å²) in [5, 5.41) is 11.0. The number of rotatable bonds is 2. The standard InChI is InChI=1S/C19H17ClN2O2S/c1-11-4-6-15(8-12(11)2)21-19-22(3)18(24)17(25-19)10-13-9-14(20)5-7-16(13)23/h4-10,23H,1-3H3/b17-10-,21-19?. The van der Waals surface area contributed by atoms with Gasteiger partial charge in [0, 0.05) is 17.6 Å². The Labute approximate surface area is 155 Å². The summed E-state index contributed by atoms with van der Waals surface area (Å²) in [5.41, 5.74) is 3.66. The van der Waals surface area contributed by atoms with Gasteiger partial charge >= 0.3 is 0 Å². The number of nitrogens with zero attached hydrogens (tertiary/aromatic N) is 2. The first-order chi connectivity index (χ1) is 11.8. The highest BCUT2D eigenvalue weighted by Gasteiger charge is 2.30. The number of hydrogen-bond donors (Lipinski definition) is 1. The fraction of sp³-hybridized carbons (Fsp3) is 0.158. The molecule has 0 unspecified atom stereocenters. The molecule has 2 aromatic carbocycles. The predicted molar refractivity (Wildman–Crippen MR) is 104 cm³/mol. The molecule has 128 valence electrons. The Kier molecular flexibility index (Phi) is 4.88. The van der Waals surface area contributed by atoms with Crippen molar-refractivity contribution in [2.75, 3.05) is 7.05 Å². The molecule has 4 nitrogen and oxygen atoms in total. The van der Waals surface area contributed by atoms with Gasteiger partial charge in [0.25, 0.3) is 5.91 Å². The zero-order chi connectivity index (χ0) is 18.1. The van der Waals surface area contributed by atoms with Crippen molar-refractivity contribution in [3.63, 3.8) is 0 Å². The topological polar surface area (TPSA) is 52.9 Å². The van der Waals surface area contributed by atoms with Gasteiger partial charge in [-0.15, -0.1) is 0 Å². The van der Waals surface area contributed by atoms with Crippen molar-refractivity contribution in [1.82, 2.24) is 4.90 Å². The quantitative estimate of drug-likeness (QED) is 0.763. The number of thioether (sulfide) groups is 1. The zero-order valence-corrected chi connectivity index (χ0v) is 15.6. The number of carbonyl (C=O) groups is 1. The van der Waals surface area contributed by atoms with E-state index in [0.29, 0.717) is 20.7 Å². The Morgan fingerprint density at radius 1 is 1.16 bits per heavy atom. The van der Waals surface area contributed by atoms with E-state index in [1.807, 2.05) is 32.0 Å². The smallest absolute Gasteiger partial charge is 0.266 e. The summed E-state index contributed by atoms with van der Waals surface area (Å²) in [4.78, 5) is 19.0. The molecule has 1 N–H and O–H groups in total. The molecule has 1 aliphatic rings. The molecule has 1 aliphatic heterocycles. The van der Waals surface area contributed by atoms with Crippen LogP contribution in [0.5, 0.6) is 5.75 Å². The van der Waals surface area contributed by atoms with Crippen LogP contribution in [0.2, 0.25) is 5.02 Å². The molecule has 1 fully saturated rings. The number of phenolic OH excluding ortho intramolecular Hbond substituents is 1. The van der Waals surface area contributed by atoms with Crippen LogP contribution in [0.1, 0.15) is 16.7 Å². The van der Waals surface area contributed by atoms with Gasteiger partial charge in [-0.05, 0) is 73.1 Å². The van der Waals surface area contributed by atoms with Gasteiger partial charge in [-0.1, -0.05) is 17.7 Å². The Bertz CT molecular complexity index is 922. The molecule has 6 heteroatoms. The van der Waals surface area contributed by atoms with Gasteiger partial charge in [0.2, 0.25) is 0 Å². The molecule has 1 amide bonds. The lowest BCUT2D eigenvalue weighted by molar-refractivity contribution is -0.121. The molecule has 0 spiro atoms. The van der Waals surface area contributed by atoms with E-state index in [1.165, 1.54) is 28.3 Å². The average molecular weight is 373 g/mol. The molecule has 1 saturated heterocycles. The molecule has 2 aromatic rings. The molecule has 0 radical (unpaired) electrons. The Morgan fingerprint density at radius 3 is 2.64 bits per heavy atom. The van der Waals surface area contributed by atoms with E-state index in [4.69, 9.17) is 11.6 Å². The first kappa shape index (κ1) is 17.6. The summed E-state index contributed by atoms with van der Waals surface area (Å²) in [6, 6.07) is 10.7. The maximum absolute atomic E-state index is 12.5. The fourth-order valence-corrected chi connectivity index (χ4v) is 3.50. The summed E-state index contributed by atoms with van der Waals surface area (Å²) in [6.45, 7) is 4.08. The molecule has 1 heterocycles. The van der Waals surface area contributed by atoms with Crippen LogP contribution in [0.4, 0.5) is 5.69 Å². The van der Waals surface area contributed by atoms with Crippen LogP contribution in [0.3, 0.4) is 0 Å². The first-order valence-electron chi connectivity index (χ1n) is 7.67. The highest BCUT2D eigenvalue weighted by Crippen LogP contribution is 2.35. The van der Waals surface area contributed by atoms with Gasteiger partial charge in [-0.25, -0.2) is 4.99 Å². The van der Waals surface area contributed by atoms with E-state index in [9.17, 15) is 9.90 Å². The van der Waals surface area contributed by atoms with Crippen molar-refractivity contribution >= 4 is 46.2 Å². The summed E-state index contributed by atoms with van der Waals surface area (Å²) in [5.74, 6) is -0.0838. The third-order valence-corrected chi connectivity index (χ3v) is 5.29. The van der Waals surface area contributed by atoms with E-state index < -0.39 is 0 Å². The first-order valence-corrected chi connectivity index (χ1v) is 8.86. The number of likely N-dealkylation sites (N-methyl/N-ethyl adjacent to an activating group) is 1. The Hall–Kier alpha value is -2.24. The predicted octanol–water partition coefficient (Wildman–Crippen LogP) is 4.90. The minimum atomic E-state index is -0.160. The second-order valence-electron chi connectivity index (χ2n) is 5.84. The van der Waals surface area contributed by atoms with Crippen molar-refractivity contribution in [3.8, 4) is 5.75 Å². The summed E-state index contributed by atoms with van der Waals surface area (Å²) >= 11 is 7.24. The number of phenols is 1. The number of aromatic hydroxyl groups is 1. The lowest BCUT2D eigenvalue weighted by atomic mass is 10.1. The van der Waals surface area contributed by atoms with Crippen molar-refractivity contribution in [2.24, 2.45) is 4.99 Å². The maximum atomic E-state index is 12.5. The summed E-state index contributed by atoms with van der Waals surface area (Å²) in [7, 11) is 1.69. The largest absolute Gasteiger partial charge is 0.507 e. The number of benzene rings is 2. The highest BCUT2D eigenvalue weighted by atomic mass is 35.5. The minimum Gasteiger partial charge on any atom is -0.507 e. The minimum absolute atomic E-state index is 0.0764. The number of carbonyl (C=O) groups excluding carboxylic acids is 1. The van der Waals surface area contributed by atoms with Crippen LogP contribution in [-0.2, 0) is 4.79 Å². The van der Waals surface area contributed by atoms with Crippen molar-refractivity contribution in [1.29, 1.82) is 0 Å². The monoisotopic (exact) mass is 372 g/mol. The molecule has 0 aromatic heterocycles. The molecule has 25 heavy (non-hydrogen) atoms. The molecular weight excluding hydrogens is 356 g/mol. The number of halogens is 1. The van der Waals surface area contributed by atoms with Crippen molar-refractivity contribution in [3.05, 3.63) is 63.0 Å². The van der Waals surface area contributed by atoms with E-state index in [0.717, 1.165) is 11.3 Å². The van der Waals surface area contributed by atoms with Crippen LogP contribution >= 0.6 is 23.4 Å². The summed E-state index contributed by atoms with van der Waals surface area (Å²) < 4.78 is 0. The normalized spacial score (nSPS) is 17.8. The second kappa shape index (κ2) is 6.94. The van der Waals surface area contributed by atoms with Gasteiger partial charge in [0.05, 0.1) is 10.6 Å². The molecular formula is C19H17ClN2O2S. The molecule has 0 aliphatic carbocycles. The van der Waals surface area contributed by atoms with Crippen LogP contribution in [-0.4, -0.2) is 28.1 Å². The van der Waals surface area contributed by atoms with Gasteiger partial charge in [0.15, 0.2) is 5.17 Å². The van der Waals surface area contributed by atoms with Crippen LogP contribution in [0.15, 0.2) is 46.3 Å². The van der Waals surface area contributed by atoms with E-state index in [1.54, 1.807) is 25.3 Å². The van der Waals surface area contributed by atoms with Gasteiger partial charge in [-0.2, -0.15) is 0 Å². The van der Waals surface area contributed by atoms with Gasteiger partial charge < -0.3 is 5.11 Å². The van der Waals surface area contributed by atoms with Crippen LogP contribution in [0, 0.1) is 13.8 Å². The van der Waals surface area contributed by atoms with Gasteiger partial charge in [0.1, 0.15) is 5.75 Å². The van der Waals surface area contributed by atoms with Crippen LogP contribution in [0.25, 0.3) is 6.08 Å². The Balaban J connectivity index is 1.94. The lowest BCUT2D eigenvalue weighted by Gasteiger charge is -2.08. The number of aryl methyl sites for hydroxylation is 2. The number of hydrogen-bond acceptors (Lipinski definition) is 4. The van der Waals surface area contributed by atoms with E-state index in [-0.39, 0.29) is 11.7 Å². The lowest BCUT2D eigenvalue weighted by Crippen LogP contribution is -2.23. The maximum Gasteiger partial charge on any atom is 0.266 e. The number of amidine groups is 1. The molecule has 0 bridgehead atoms. The number of aliphatic imine (C=N–C) groups is 1. The van der Waals surface area contributed by atoms with E-state index in [2.05, 4.69) is 4.99 Å². The van der Waals surface area contributed by atoms with Crippen molar-refractivity contribution < 1.29 is 9.90 Å². The third-order valence-electron chi connectivity index (χ3n) is 4.00. The zero-order valence-electron chi connectivity index (χ0n) is 14.1. The van der Waals surface area contributed by atoms with Crippen LogP contribution < -0.4 is 0 Å².